The van der Waals surface area contributed by atoms with Gasteiger partial charge in [-0.05, 0) is 70.1 Å². The van der Waals surface area contributed by atoms with Crippen LogP contribution in [0.3, 0.4) is 0 Å². The fraction of sp³-hybridized carbons (Fsp3) is 0.722. The van der Waals surface area contributed by atoms with E-state index in [0.717, 1.165) is 19.3 Å². The van der Waals surface area contributed by atoms with Gasteiger partial charge in [0.2, 0.25) is 11.8 Å². The van der Waals surface area contributed by atoms with Crippen LogP contribution in [0.15, 0.2) is 10.6 Å². The van der Waals surface area contributed by atoms with Gasteiger partial charge in [0.15, 0.2) is 5.82 Å². The van der Waals surface area contributed by atoms with Crippen molar-refractivity contribution < 1.29 is 14.1 Å². The minimum atomic E-state index is -0.581. The zero-order valence-corrected chi connectivity index (χ0v) is 14.3. The van der Waals surface area contributed by atoms with Crippen LogP contribution in [-0.4, -0.2) is 23.0 Å². The minimum absolute atomic E-state index is 0.0700. The highest BCUT2D eigenvalue weighted by Gasteiger charge is 2.54. The summed E-state index contributed by atoms with van der Waals surface area (Å²) in [6.45, 7) is 3.49. The van der Waals surface area contributed by atoms with Gasteiger partial charge < -0.3 is 15.2 Å². The van der Waals surface area contributed by atoms with Gasteiger partial charge in [0.1, 0.15) is 11.8 Å². The quantitative estimate of drug-likeness (QED) is 0.888. The largest absolute Gasteiger partial charge is 0.360 e. The van der Waals surface area contributed by atoms with Gasteiger partial charge in [-0.25, -0.2) is 0 Å². The molecule has 4 bridgehead atoms. The van der Waals surface area contributed by atoms with E-state index in [9.17, 15) is 9.59 Å². The van der Waals surface area contributed by atoms with Crippen molar-refractivity contribution in [3.05, 3.63) is 11.8 Å². The van der Waals surface area contributed by atoms with E-state index >= 15 is 0 Å². The summed E-state index contributed by atoms with van der Waals surface area (Å²) in [6, 6.07) is 1.08. The third-order valence-electron chi connectivity index (χ3n) is 6.14. The number of rotatable bonds is 4. The summed E-state index contributed by atoms with van der Waals surface area (Å²) in [5, 5.41) is 9.39. The third-order valence-corrected chi connectivity index (χ3v) is 6.14. The van der Waals surface area contributed by atoms with Crippen molar-refractivity contribution in [2.24, 2.45) is 23.2 Å². The molecule has 0 spiro atoms. The van der Waals surface area contributed by atoms with Gasteiger partial charge in [-0.15, -0.1) is 0 Å². The van der Waals surface area contributed by atoms with Crippen LogP contribution in [-0.2, 0) is 9.59 Å². The summed E-state index contributed by atoms with van der Waals surface area (Å²) < 4.78 is 4.94. The molecule has 6 nitrogen and oxygen atoms in total. The van der Waals surface area contributed by atoms with Crippen molar-refractivity contribution in [3.63, 3.8) is 0 Å². The zero-order chi connectivity index (χ0) is 16.9. The summed E-state index contributed by atoms with van der Waals surface area (Å²) in [7, 11) is 0. The molecule has 24 heavy (non-hydrogen) atoms. The lowest BCUT2D eigenvalue weighted by Crippen LogP contribution is -2.56. The number of aromatic nitrogens is 1. The number of aryl methyl sites for hydroxylation is 1. The van der Waals surface area contributed by atoms with Crippen molar-refractivity contribution in [1.82, 2.24) is 10.5 Å². The maximum Gasteiger partial charge on any atom is 0.247 e. The van der Waals surface area contributed by atoms with Gasteiger partial charge in [-0.2, -0.15) is 0 Å². The predicted molar refractivity (Wildman–Crippen MR) is 88.1 cm³/mol. The lowest BCUT2D eigenvalue weighted by atomic mass is 9.49. The molecule has 4 saturated carbocycles. The molecule has 0 aliphatic heterocycles. The second kappa shape index (κ2) is 5.60. The van der Waals surface area contributed by atoms with Crippen LogP contribution in [0.4, 0.5) is 5.82 Å². The number of hydrogen-bond acceptors (Lipinski definition) is 4. The van der Waals surface area contributed by atoms with E-state index in [-0.39, 0.29) is 17.2 Å². The number of hydrogen-bond donors (Lipinski definition) is 2. The second-order valence-electron chi connectivity index (χ2n) is 8.21. The molecule has 1 aromatic rings. The Morgan fingerprint density at radius 2 is 1.79 bits per heavy atom. The van der Waals surface area contributed by atoms with E-state index in [1.165, 1.54) is 19.3 Å². The summed E-state index contributed by atoms with van der Waals surface area (Å²) in [4.78, 5) is 25.2. The summed E-state index contributed by atoms with van der Waals surface area (Å²) in [5.74, 6) is 2.96. The van der Waals surface area contributed by atoms with Crippen molar-refractivity contribution >= 4 is 17.6 Å². The number of amides is 2. The zero-order valence-electron chi connectivity index (χ0n) is 14.3. The molecule has 4 aliphatic carbocycles. The Labute approximate surface area is 141 Å². The smallest absolute Gasteiger partial charge is 0.247 e. The molecule has 0 aromatic carbocycles. The molecule has 4 fully saturated rings. The standard InChI is InChI=1S/C18H25N3O3/c1-10-3-15(21-24-10)20-16(22)11(2)19-17(23)18-7-12-4-13(8-18)6-14(5-12)9-18/h3,11-14H,4-9H2,1-2H3,(H,19,23)(H,20,21,22)/t11-,12?,13?,14?,18?/m1/s1. The first-order valence-electron chi connectivity index (χ1n) is 8.99. The summed E-state index contributed by atoms with van der Waals surface area (Å²) in [5.41, 5.74) is -0.228. The van der Waals surface area contributed by atoms with Crippen LogP contribution < -0.4 is 10.6 Å². The van der Waals surface area contributed by atoms with Crippen molar-refractivity contribution in [1.29, 1.82) is 0 Å². The van der Waals surface area contributed by atoms with E-state index in [4.69, 9.17) is 4.52 Å². The number of anilines is 1. The molecule has 130 valence electrons. The molecule has 1 aromatic heterocycles. The van der Waals surface area contributed by atoms with E-state index in [1.54, 1.807) is 19.9 Å². The molecule has 1 atom stereocenters. The molecule has 1 heterocycles. The van der Waals surface area contributed by atoms with Gasteiger partial charge >= 0.3 is 0 Å². The first kappa shape index (κ1) is 15.7. The first-order chi connectivity index (χ1) is 11.4. The molecular formula is C18H25N3O3. The monoisotopic (exact) mass is 331 g/mol. The van der Waals surface area contributed by atoms with Crippen molar-refractivity contribution in [2.45, 2.75) is 58.4 Å². The third kappa shape index (κ3) is 2.72. The Morgan fingerprint density at radius 3 is 2.29 bits per heavy atom. The van der Waals surface area contributed by atoms with Crippen LogP contribution in [0, 0.1) is 30.1 Å². The van der Waals surface area contributed by atoms with Gasteiger partial charge in [-0.3, -0.25) is 9.59 Å². The van der Waals surface area contributed by atoms with Crippen LogP contribution >= 0.6 is 0 Å². The topological polar surface area (TPSA) is 84.2 Å². The Kier molecular flexibility index (Phi) is 3.66. The first-order valence-corrected chi connectivity index (χ1v) is 8.99. The van der Waals surface area contributed by atoms with Crippen molar-refractivity contribution in [3.8, 4) is 0 Å². The highest BCUT2D eigenvalue weighted by Crippen LogP contribution is 2.60. The fourth-order valence-electron chi connectivity index (χ4n) is 5.46. The molecule has 4 aliphatic rings. The Hall–Kier alpha value is -1.85. The Morgan fingerprint density at radius 1 is 1.21 bits per heavy atom. The number of nitrogens with zero attached hydrogens (tertiary/aromatic N) is 1. The van der Waals surface area contributed by atoms with Crippen LogP contribution in [0.5, 0.6) is 0 Å². The van der Waals surface area contributed by atoms with Gasteiger partial charge in [0.25, 0.3) is 0 Å². The van der Waals surface area contributed by atoms with Crippen LogP contribution in [0.1, 0.15) is 51.2 Å². The number of carbonyl (C=O) groups excluding carboxylic acids is 2. The van der Waals surface area contributed by atoms with E-state index < -0.39 is 6.04 Å². The molecule has 0 unspecified atom stereocenters. The highest BCUT2D eigenvalue weighted by atomic mass is 16.5. The fourth-order valence-corrected chi connectivity index (χ4v) is 5.46. The van der Waals surface area contributed by atoms with E-state index in [1.807, 2.05) is 0 Å². The summed E-state index contributed by atoms with van der Waals surface area (Å²) >= 11 is 0. The molecule has 2 N–H and O–H groups in total. The average Bonchev–Trinajstić information content (AvgIpc) is 2.90. The maximum atomic E-state index is 12.9. The van der Waals surface area contributed by atoms with Crippen LogP contribution in [0.2, 0.25) is 0 Å². The molecule has 6 heteroatoms. The Bertz CT molecular complexity index is 631. The molecule has 2 amide bonds. The molecule has 0 saturated heterocycles. The maximum absolute atomic E-state index is 12.9. The van der Waals surface area contributed by atoms with E-state index in [2.05, 4.69) is 15.8 Å². The van der Waals surface area contributed by atoms with Crippen LogP contribution in [0.25, 0.3) is 0 Å². The average molecular weight is 331 g/mol. The number of nitrogens with one attached hydrogen (secondary N) is 2. The molecule has 0 radical (unpaired) electrons. The van der Waals surface area contributed by atoms with Gasteiger partial charge in [0, 0.05) is 11.5 Å². The van der Waals surface area contributed by atoms with Gasteiger partial charge in [0.05, 0.1) is 0 Å². The normalized spacial score (nSPS) is 34.8. The molecular weight excluding hydrogens is 306 g/mol. The minimum Gasteiger partial charge on any atom is -0.360 e. The second-order valence-corrected chi connectivity index (χ2v) is 8.21. The highest BCUT2D eigenvalue weighted by molar-refractivity contribution is 5.97. The SMILES string of the molecule is Cc1cc(NC(=O)[C@@H](C)NC(=O)C23CC4CC(CC(C4)C2)C3)no1. The van der Waals surface area contributed by atoms with Crippen molar-refractivity contribution in [2.75, 3.05) is 5.32 Å². The lowest BCUT2D eigenvalue weighted by Gasteiger charge is -2.55. The summed E-state index contributed by atoms with van der Waals surface area (Å²) in [6.07, 6.45) is 6.90. The van der Waals surface area contributed by atoms with E-state index in [0.29, 0.717) is 29.3 Å². The number of carbonyl (C=O) groups is 2. The van der Waals surface area contributed by atoms with Gasteiger partial charge in [-0.1, -0.05) is 5.16 Å². The Balaban J connectivity index is 1.39. The predicted octanol–water partition coefficient (Wildman–Crippen LogP) is 2.64. The molecule has 5 rings (SSSR count). The lowest BCUT2D eigenvalue weighted by molar-refractivity contribution is -0.147.